The summed E-state index contributed by atoms with van der Waals surface area (Å²) in [6, 6.07) is 14.2. The van der Waals surface area contributed by atoms with Crippen LogP contribution >= 0.6 is 0 Å². The number of carbonyl (C=O) groups is 2. The van der Waals surface area contributed by atoms with Gasteiger partial charge in [-0.05, 0) is 23.3 Å². The highest BCUT2D eigenvalue weighted by Gasteiger charge is 2.30. The van der Waals surface area contributed by atoms with Gasteiger partial charge in [-0.15, -0.1) is 0 Å². The van der Waals surface area contributed by atoms with Crippen molar-refractivity contribution in [2.24, 2.45) is 0 Å². The fraction of sp³-hybridized carbons (Fsp3) is 0.400. The van der Waals surface area contributed by atoms with Gasteiger partial charge in [-0.3, -0.25) is 9.59 Å². The minimum Gasteiger partial charge on any atom is -0.381 e. The molecule has 1 atom stereocenters. The summed E-state index contributed by atoms with van der Waals surface area (Å²) in [7, 11) is 0. The minimum atomic E-state index is -0.114. The van der Waals surface area contributed by atoms with Gasteiger partial charge in [0.15, 0.2) is 0 Å². The number of likely N-dealkylation sites (tertiary alicyclic amines) is 1. The Hall–Kier alpha value is -2.40. The lowest BCUT2D eigenvalue weighted by Crippen LogP contribution is -2.37. The summed E-state index contributed by atoms with van der Waals surface area (Å²) in [5.41, 5.74) is 1.13. The highest BCUT2D eigenvalue weighted by Crippen LogP contribution is 2.22. The zero-order valence-corrected chi connectivity index (χ0v) is 14.5. The second kappa shape index (κ2) is 8.12. The van der Waals surface area contributed by atoms with Crippen molar-refractivity contribution < 1.29 is 14.3 Å². The van der Waals surface area contributed by atoms with Crippen LogP contribution in [0.5, 0.6) is 0 Å². The molecule has 5 heteroatoms. The van der Waals surface area contributed by atoms with Crippen LogP contribution in [0.15, 0.2) is 42.5 Å². The number of ether oxygens (including phenoxy) is 1. The third kappa shape index (κ3) is 4.37. The van der Waals surface area contributed by atoms with E-state index in [1.54, 1.807) is 0 Å². The Morgan fingerprint density at radius 1 is 1.24 bits per heavy atom. The fourth-order valence-corrected chi connectivity index (χ4v) is 3.27. The van der Waals surface area contributed by atoms with Crippen LogP contribution in [0.4, 0.5) is 0 Å². The summed E-state index contributed by atoms with van der Waals surface area (Å²) < 4.78 is 5.19. The average Bonchev–Trinajstić information content (AvgIpc) is 2.94. The predicted octanol–water partition coefficient (Wildman–Crippen LogP) is 2.48. The Morgan fingerprint density at radius 2 is 2.04 bits per heavy atom. The molecule has 2 aromatic carbocycles. The molecule has 25 heavy (non-hydrogen) atoms. The van der Waals surface area contributed by atoms with Crippen LogP contribution < -0.4 is 5.32 Å². The first-order valence-electron chi connectivity index (χ1n) is 8.79. The fourth-order valence-electron chi connectivity index (χ4n) is 3.27. The zero-order chi connectivity index (χ0) is 17.6. The monoisotopic (exact) mass is 340 g/mol. The maximum Gasteiger partial charge on any atom is 0.225 e. The van der Waals surface area contributed by atoms with Crippen molar-refractivity contribution >= 4 is 22.6 Å². The van der Waals surface area contributed by atoms with E-state index < -0.39 is 0 Å². The van der Waals surface area contributed by atoms with Crippen molar-refractivity contribution in [3.63, 3.8) is 0 Å². The molecule has 3 rings (SSSR count). The Labute approximate surface area is 148 Å². The van der Waals surface area contributed by atoms with E-state index in [4.69, 9.17) is 4.74 Å². The predicted molar refractivity (Wildman–Crippen MR) is 97.0 cm³/mol. The SMILES string of the molecule is CCOCCC(=O)N[C@H]1CC(=O)N(Cc2cccc3ccccc23)C1. The van der Waals surface area contributed by atoms with Crippen molar-refractivity contribution in [3.8, 4) is 0 Å². The first kappa shape index (κ1) is 17.4. The normalized spacial score (nSPS) is 17.2. The molecule has 0 bridgehead atoms. The van der Waals surface area contributed by atoms with Crippen molar-refractivity contribution in [2.75, 3.05) is 19.8 Å². The third-order valence-electron chi connectivity index (χ3n) is 4.50. The lowest BCUT2D eigenvalue weighted by atomic mass is 10.0. The van der Waals surface area contributed by atoms with Crippen LogP contribution in [-0.2, 0) is 20.9 Å². The summed E-state index contributed by atoms with van der Waals surface area (Å²) in [6.07, 6.45) is 0.701. The van der Waals surface area contributed by atoms with Crippen molar-refractivity contribution in [2.45, 2.75) is 32.4 Å². The third-order valence-corrected chi connectivity index (χ3v) is 4.50. The molecule has 0 aromatic heterocycles. The molecule has 1 N–H and O–H groups in total. The van der Waals surface area contributed by atoms with Gasteiger partial charge in [-0.1, -0.05) is 42.5 Å². The van der Waals surface area contributed by atoms with E-state index in [1.807, 2.05) is 30.0 Å². The molecular formula is C20H24N2O3. The number of carbonyl (C=O) groups excluding carboxylic acids is 2. The zero-order valence-electron chi connectivity index (χ0n) is 14.5. The van der Waals surface area contributed by atoms with Crippen molar-refractivity contribution in [1.82, 2.24) is 10.2 Å². The molecule has 132 valence electrons. The number of nitrogens with zero attached hydrogens (tertiary/aromatic N) is 1. The van der Waals surface area contributed by atoms with Gasteiger partial charge in [-0.2, -0.15) is 0 Å². The molecule has 0 unspecified atom stereocenters. The number of nitrogens with one attached hydrogen (secondary N) is 1. The molecule has 5 nitrogen and oxygen atoms in total. The topological polar surface area (TPSA) is 58.6 Å². The summed E-state index contributed by atoms with van der Waals surface area (Å²) >= 11 is 0. The Morgan fingerprint density at radius 3 is 2.88 bits per heavy atom. The second-order valence-corrected chi connectivity index (χ2v) is 6.33. The van der Waals surface area contributed by atoms with Crippen LogP contribution in [0.2, 0.25) is 0 Å². The lowest BCUT2D eigenvalue weighted by molar-refractivity contribution is -0.128. The molecule has 0 radical (unpaired) electrons. The molecule has 0 saturated carbocycles. The van der Waals surface area contributed by atoms with Crippen LogP contribution in [0.25, 0.3) is 10.8 Å². The van der Waals surface area contributed by atoms with E-state index in [9.17, 15) is 9.59 Å². The van der Waals surface area contributed by atoms with Gasteiger partial charge < -0.3 is 15.0 Å². The smallest absolute Gasteiger partial charge is 0.225 e. The average molecular weight is 340 g/mol. The molecule has 2 aromatic rings. The molecule has 0 aliphatic carbocycles. The van der Waals surface area contributed by atoms with Gasteiger partial charge in [0, 0.05) is 32.5 Å². The van der Waals surface area contributed by atoms with Crippen LogP contribution in [-0.4, -0.2) is 42.5 Å². The first-order chi connectivity index (χ1) is 12.2. The van der Waals surface area contributed by atoms with E-state index in [0.717, 1.165) is 5.56 Å². The quantitative estimate of drug-likeness (QED) is 0.788. The van der Waals surface area contributed by atoms with Crippen molar-refractivity contribution in [3.05, 3.63) is 48.0 Å². The van der Waals surface area contributed by atoms with Gasteiger partial charge in [0.25, 0.3) is 0 Å². The summed E-state index contributed by atoms with van der Waals surface area (Å²) in [5, 5.41) is 5.28. The standard InChI is InChI=1S/C20H24N2O3/c1-2-25-11-10-19(23)21-17-12-20(24)22(14-17)13-16-8-5-7-15-6-3-4-9-18(15)16/h3-9,17H,2,10-14H2,1H3,(H,21,23)/t17-/m0/s1. The number of amides is 2. The van der Waals surface area contributed by atoms with E-state index >= 15 is 0 Å². The van der Waals surface area contributed by atoms with Gasteiger partial charge >= 0.3 is 0 Å². The van der Waals surface area contributed by atoms with Gasteiger partial charge in [0.2, 0.25) is 11.8 Å². The molecule has 1 aliphatic heterocycles. The number of hydrogen-bond acceptors (Lipinski definition) is 3. The number of benzene rings is 2. The maximum atomic E-state index is 12.3. The molecular weight excluding hydrogens is 316 g/mol. The van der Waals surface area contributed by atoms with E-state index in [-0.39, 0.29) is 17.9 Å². The maximum absolute atomic E-state index is 12.3. The highest BCUT2D eigenvalue weighted by molar-refractivity contribution is 5.87. The highest BCUT2D eigenvalue weighted by atomic mass is 16.5. The summed E-state index contributed by atoms with van der Waals surface area (Å²) in [6.45, 7) is 4.06. The summed E-state index contributed by atoms with van der Waals surface area (Å²) in [5.74, 6) is 0.0290. The number of hydrogen-bond donors (Lipinski definition) is 1. The molecule has 1 aliphatic rings. The first-order valence-corrected chi connectivity index (χ1v) is 8.79. The number of fused-ring (bicyclic) bond motifs is 1. The molecule has 2 amide bonds. The largest absolute Gasteiger partial charge is 0.381 e. The van der Waals surface area contributed by atoms with Crippen molar-refractivity contribution in [1.29, 1.82) is 0 Å². The van der Waals surface area contributed by atoms with E-state index in [2.05, 4.69) is 29.6 Å². The summed E-state index contributed by atoms with van der Waals surface area (Å²) in [4.78, 5) is 26.0. The van der Waals surface area contributed by atoms with Gasteiger partial charge in [0.1, 0.15) is 0 Å². The van der Waals surface area contributed by atoms with Gasteiger partial charge in [-0.25, -0.2) is 0 Å². The Bertz CT molecular complexity index is 754. The molecule has 1 fully saturated rings. The lowest BCUT2D eigenvalue weighted by Gasteiger charge is -2.18. The van der Waals surface area contributed by atoms with Crippen LogP contribution in [0.3, 0.4) is 0 Å². The van der Waals surface area contributed by atoms with Gasteiger partial charge in [0.05, 0.1) is 12.6 Å². The van der Waals surface area contributed by atoms with Crippen LogP contribution in [0.1, 0.15) is 25.3 Å². The Kier molecular flexibility index (Phi) is 5.66. The Balaban J connectivity index is 1.60. The van der Waals surface area contributed by atoms with Crippen LogP contribution in [0, 0.1) is 0 Å². The second-order valence-electron chi connectivity index (χ2n) is 6.33. The van der Waals surface area contributed by atoms with E-state index in [1.165, 1.54) is 10.8 Å². The number of rotatable bonds is 7. The van der Waals surface area contributed by atoms with E-state index in [0.29, 0.717) is 39.1 Å². The molecule has 1 heterocycles. The molecule has 1 saturated heterocycles. The minimum absolute atomic E-state index is 0.0572. The molecule has 0 spiro atoms.